The summed E-state index contributed by atoms with van der Waals surface area (Å²) in [6.07, 6.45) is 8.56. The molecule has 0 saturated heterocycles. The molecule has 0 spiro atoms. The van der Waals surface area contributed by atoms with Gasteiger partial charge in [-0.05, 0) is 43.4 Å². The van der Waals surface area contributed by atoms with E-state index in [1.807, 2.05) is 13.0 Å². The Labute approximate surface area is 170 Å². The molecule has 1 aliphatic heterocycles. The predicted octanol–water partition coefficient (Wildman–Crippen LogP) is 3.87. The van der Waals surface area contributed by atoms with Crippen LogP contribution >= 0.6 is 11.6 Å². The molecule has 0 aromatic carbocycles. The van der Waals surface area contributed by atoms with E-state index in [1.54, 1.807) is 18.3 Å². The molecule has 2 aliphatic rings. The summed E-state index contributed by atoms with van der Waals surface area (Å²) in [5.74, 6) is 0.424. The van der Waals surface area contributed by atoms with Crippen molar-refractivity contribution >= 4 is 17.6 Å². The summed E-state index contributed by atoms with van der Waals surface area (Å²) < 4.78 is 7.30. The van der Waals surface area contributed by atoms with E-state index in [9.17, 15) is 4.79 Å². The third-order valence-corrected chi connectivity index (χ3v) is 5.68. The number of rotatable bonds is 7. The monoisotopic (exact) mass is 400 g/mol. The van der Waals surface area contributed by atoms with Gasteiger partial charge in [-0.3, -0.25) is 4.68 Å². The number of ether oxygens (including phenoxy) is 1. The number of aromatic nitrogens is 3. The van der Waals surface area contributed by atoms with Crippen molar-refractivity contribution in [2.45, 2.75) is 52.2 Å². The molecule has 6 nitrogen and oxygen atoms in total. The number of hydrogen-bond donors (Lipinski definition) is 0. The lowest BCUT2D eigenvalue weighted by Gasteiger charge is -2.25. The lowest BCUT2D eigenvalue weighted by Crippen LogP contribution is -2.25. The molecule has 0 atom stereocenters. The lowest BCUT2D eigenvalue weighted by atomic mass is 10.1. The molecule has 0 bridgehead atoms. The van der Waals surface area contributed by atoms with Gasteiger partial charge < -0.3 is 9.64 Å². The van der Waals surface area contributed by atoms with Gasteiger partial charge >= 0.3 is 5.97 Å². The van der Waals surface area contributed by atoms with Crippen LogP contribution in [0.25, 0.3) is 0 Å². The SMILES string of the molecule is Cc1cc(CN(Cc2ccc(Cl)nc2)C2=CC(=O)OC2)n(CC2CCCC2)n1. The highest BCUT2D eigenvalue weighted by atomic mass is 35.5. The number of aryl methyl sites for hydroxylation is 1. The van der Waals surface area contributed by atoms with Gasteiger partial charge in [0.1, 0.15) is 11.8 Å². The third kappa shape index (κ3) is 4.55. The largest absolute Gasteiger partial charge is 0.456 e. The van der Waals surface area contributed by atoms with Crippen LogP contribution in [0.5, 0.6) is 0 Å². The summed E-state index contributed by atoms with van der Waals surface area (Å²) >= 11 is 5.92. The van der Waals surface area contributed by atoms with Crippen molar-refractivity contribution in [2.24, 2.45) is 5.92 Å². The normalized spacial score (nSPS) is 17.1. The van der Waals surface area contributed by atoms with Crippen LogP contribution in [0.3, 0.4) is 0 Å². The zero-order chi connectivity index (χ0) is 19.5. The topological polar surface area (TPSA) is 60.3 Å². The molecule has 1 fully saturated rings. The minimum atomic E-state index is -0.287. The Balaban J connectivity index is 1.56. The van der Waals surface area contributed by atoms with Crippen molar-refractivity contribution in [2.75, 3.05) is 6.61 Å². The zero-order valence-corrected chi connectivity index (χ0v) is 16.9. The van der Waals surface area contributed by atoms with Crippen LogP contribution in [-0.4, -0.2) is 32.2 Å². The van der Waals surface area contributed by atoms with Crippen LogP contribution in [0.15, 0.2) is 36.2 Å². The van der Waals surface area contributed by atoms with Gasteiger partial charge in [-0.25, -0.2) is 9.78 Å². The summed E-state index contributed by atoms with van der Waals surface area (Å²) in [7, 11) is 0. The van der Waals surface area contributed by atoms with Gasteiger partial charge in [0.2, 0.25) is 0 Å². The van der Waals surface area contributed by atoms with Crippen molar-refractivity contribution in [3.05, 3.63) is 58.3 Å². The van der Waals surface area contributed by atoms with Crippen molar-refractivity contribution in [1.82, 2.24) is 19.7 Å². The number of halogens is 1. The van der Waals surface area contributed by atoms with Gasteiger partial charge in [-0.2, -0.15) is 5.10 Å². The molecular formula is C21H25ClN4O2. The molecule has 2 aromatic rings. The van der Waals surface area contributed by atoms with E-state index in [4.69, 9.17) is 21.4 Å². The highest BCUT2D eigenvalue weighted by Crippen LogP contribution is 2.27. The molecule has 28 heavy (non-hydrogen) atoms. The van der Waals surface area contributed by atoms with Crippen molar-refractivity contribution < 1.29 is 9.53 Å². The van der Waals surface area contributed by atoms with Crippen LogP contribution in [0.1, 0.15) is 42.6 Å². The minimum absolute atomic E-state index is 0.287. The summed E-state index contributed by atoms with van der Waals surface area (Å²) in [4.78, 5) is 18.0. The molecule has 0 radical (unpaired) electrons. The molecule has 4 rings (SSSR count). The van der Waals surface area contributed by atoms with E-state index < -0.39 is 0 Å². The highest BCUT2D eigenvalue weighted by Gasteiger charge is 2.23. The Kier molecular flexibility index (Phi) is 5.67. The Morgan fingerprint density at radius 2 is 2.11 bits per heavy atom. The maximum absolute atomic E-state index is 11.6. The standard InChI is InChI=1S/C21H25ClN4O2/c1-15-8-18(26(24-15)12-16-4-2-3-5-16)13-25(19-9-21(27)28-14-19)11-17-6-7-20(22)23-10-17/h6-10,16H,2-5,11-14H2,1H3. The Bertz CT molecular complexity index is 869. The maximum atomic E-state index is 11.6. The molecule has 1 saturated carbocycles. The fraction of sp³-hybridized carbons (Fsp3) is 0.476. The fourth-order valence-electron chi connectivity index (χ4n) is 4.04. The minimum Gasteiger partial charge on any atom is -0.456 e. The Morgan fingerprint density at radius 3 is 2.79 bits per heavy atom. The van der Waals surface area contributed by atoms with Crippen LogP contribution < -0.4 is 0 Å². The zero-order valence-electron chi connectivity index (χ0n) is 16.1. The second-order valence-corrected chi connectivity index (χ2v) is 8.09. The number of esters is 1. The van der Waals surface area contributed by atoms with Gasteiger partial charge in [0.15, 0.2) is 0 Å². The average Bonchev–Trinajstić information content (AvgIpc) is 3.39. The van der Waals surface area contributed by atoms with E-state index >= 15 is 0 Å². The number of carbonyl (C=O) groups is 1. The predicted molar refractivity (Wildman–Crippen MR) is 106 cm³/mol. The second-order valence-electron chi connectivity index (χ2n) is 7.70. The number of nitrogens with zero attached hydrogens (tertiary/aromatic N) is 4. The van der Waals surface area contributed by atoms with E-state index in [2.05, 4.69) is 20.6 Å². The summed E-state index contributed by atoms with van der Waals surface area (Å²) in [6.45, 7) is 4.59. The quantitative estimate of drug-likeness (QED) is 0.521. The van der Waals surface area contributed by atoms with E-state index in [-0.39, 0.29) is 5.97 Å². The molecule has 2 aromatic heterocycles. The van der Waals surface area contributed by atoms with E-state index in [0.717, 1.165) is 29.2 Å². The van der Waals surface area contributed by atoms with Crippen molar-refractivity contribution in [3.63, 3.8) is 0 Å². The first-order valence-electron chi connectivity index (χ1n) is 9.83. The van der Waals surface area contributed by atoms with Gasteiger partial charge in [0, 0.05) is 25.4 Å². The van der Waals surface area contributed by atoms with E-state index in [0.29, 0.717) is 30.8 Å². The first-order valence-corrected chi connectivity index (χ1v) is 10.2. The lowest BCUT2D eigenvalue weighted by molar-refractivity contribution is -0.135. The smallest absolute Gasteiger partial charge is 0.333 e. The second kappa shape index (κ2) is 8.35. The van der Waals surface area contributed by atoms with Crippen LogP contribution in [0.4, 0.5) is 0 Å². The number of pyridine rings is 1. The summed E-state index contributed by atoms with van der Waals surface area (Å²) in [6, 6.07) is 5.89. The van der Waals surface area contributed by atoms with Crippen LogP contribution in [0.2, 0.25) is 5.15 Å². The Morgan fingerprint density at radius 1 is 1.29 bits per heavy atom. The number of hydrogen-bond acceptors (Lipinski definition) is 5. The van der Waals surface area contributed by atoms with Crippen LogP contribution in [-0.2, 0) is 29.2 Å². The van der Waals surface area contributed by atoms with E-state index in [1.165, 1.54) is 25.7 Å². The first kappa shape index (κ1) is 19.0. The van der Waals surface area contributed by atoms with Crippen molar-refractivity contribution in [3.8, 4) is 0 Å². The summed E-state index contributed by atoms with van der Waals surface area (Å²) in [5.41, 5.74) is 4.09. The van der Waals surface area contributed by atoms with Gasteiger partial charge in [0.25, 0.3) is 0 Å². The Hall–Kier alpha value is -2.34. The molecule has 0 N–H and O–H groups in total. The molecule has 0 amide bonds. The molecule has 7 heteroatoms. The van der Waals surface area contributed by atoms with Gasteiger partial charge in [-0.15, -0.1) is 0 Å². The average molecular weight is 401 g/mol. The number of carbonyl (C=O) groups excluding carboxylic acids is 1. The molecule has 148 valence electrons. The molecule has 3 heterocycles. The molecule has 0 unspecified atom stereocenters. The third-order valence-electron chi connectivity index (χ3n) is 5.46. The van der Waals surface area contributed by atoms with Crippen LogP contribution in [0, 0.1) is 12.8 Å². The first-order chi connectivity index (χ1) is 13.6. The highest BCUT2D eigenvalue weighted by molar-refractivity contribution is 6.29. The van der Waals surface area contributed by atoms with Gasteiger partial charge in [-0.1, -0.05) is 30.5 Å². The molecule has 1 aliphatic carbocycles. The van der Waals surface area contributed by atoms with Crippen molar-refractivity contribution in [1.29, 1.82) is 0 Å². The molecular weight excluding hydrogens is 376 g/mol. The maximum Gasteiger partial charge on any atom is 0.333 e. The summed E-state index contributed by atoms with van der Waals surface area (Å²) in [5, 5.41) is 5.20. The number of cyclic esters (lactones) is 1. The van der Waals surface area contributed by atoms with Gasteiger partial charge in [0.05, 0.1) is 23.6 Å². The fourth-order valence-corrected chi connectivity index (χ4v) is 4.16.